The molecule has 4 N–H and O–H groups in total. The molecular weight excluding hydrogens is 1310 g/mol. The van der Waals surface area contributed by atoms with Gasteiger partial charge in [0.25, 0.3) is 0 Å². The van der Waals surface area contributed by atoms with Crippen molar-refractivity contribution < 1.29 is 75.8 Å². The Labute approximate surface area is 616 Å². The molecule has 0 radical (unpaired) electrons. The van der Waals surface area contributed by atoms with Gasteiger partial charge in [-0.2, -0.15) is 0 Å². The van der Waals surface area contributed by atoms with Crippen LogP contribution in [0.2, 0.25) is 0 Å². The molecule has 0 saturated carbocycles. The van der Waals surface area contributed by atoms with Crippen molar-refractivity contribution >= 4 is 33.6 Å². The van der Waals surface area contributed by atoms with E-state index in [0.29, 0.717) is 19.3 Å². The van der Waals surface area contributed by atoms with Crippen LogP contribution in [0, 0.1) is 0 Å². The smallest absolute Gasteiger partial charge is 0.463 e. The number of allylic oxidation sites excluding steroid dienone is 16. The number of hydrogen-bond acceptors (Lipinski definition) is 14. The highest BCUT2D eigenvalue weighted by molar-refractivity contribution is 7.47. The Balaban J connectivity index is 4.37. The number of rotatable bonds is 77. The SMILES string of the molecule is CCCCC/C=C\C/C=C\C/C=C\C/C=C\CCCCCCCCCCCCCCCCCCCC(=O)OCC(O)COP(=O)(O)OCC(O)COP(=O)(O)OCC(COC(=O)CCCCCCC/C=C\C/C=C\C/C=C\C/C=C\CCCCC)OC(=O)CCCCCCCCCCCCC. The van der Waals surface area contributed by atoms with Gasteiger partial charge < -0.3 is 34.2 Å². The maximum atomic E-state index is 12.9. The van der Waals surface area contributed by atoms with Crippen molar-refractivity contribution in [3.05, 3.63) is 97.2 Å². The fourth-order valence-corrected chi connectivity index (χ4v) is 12.7. The first-order valence-electron chi connectivity index (χ1n) is 40.5. The number of aliphatic hydroxyl groups excluding tert-OH is 2. The maximum absolute atomic E-state index is 12.9. The minimum absolute atomic E-state index is 0.103. The average Bonchev–Trinajstić information content (AvgIpc) is 0.948. The highest BCUT2D eigenvalue weighted by atomic mass is 31.2. The van der Waals surface area contributed by atoms with E-state index in [2.05, 4.69) is 118 Å². The van der Waals surface area contributed by atoms with E-state index in [1.54, 1.807) is 0 Å². The number of esters is 3. The summed E-state index contributed by atoms with van der Waals surface area (Å²) in [5, 5.41) is 20.6. The lowest BCUT2D eigenvalue weighted by Crippen LogP contribution is -2.30. The summed E-state index contributed by atoms with van der Waals surface area (Å²) < 4.78 is 61.1. The summed E-state index contributed by atoms with van der Waals surface area (Å²) in [4.78, 5) is 58.5. The first-order valence-corrected chi connectivity index (χ1v) is 43.5. The molecule has 101 heavy (non-hydrogen) atoms. The van der Waals surface area contributed by atoms with Gasteiger partial charge in [-0.15, -0.1) is 0 Å². The van der Waals surface area contributed by atoms with Gasteiger partial charge in [0, 0.05) is 19.3 Å². The summed E-state index contributed by atoms with van der Waals surface area (Å²) in [6.07, 6.45) is 87.6. The van der Waals surface area contributed by atoms with Crippen LogP contribution in [-0.2, 0) is 55.8 Å². The van der Waals surface area contributed by atoms with E-state index in [9.17, 15) is 43.5 Å². The minimum atomic E-state index is -4.93. The molecule has 0 aliphatic heterocycles. The molecule has 0 aliphatic carbocycles. The van der Waals surface area contributed by atoms with E-state index in [-0.39, 0.29) is 19.3 Å². The highest BCUT2D eigenvalue weighted by Crippen LogP contribution is 2.45. The average molecular weight is 1460 g/mol. The Hall–Kier alpha value is -3.53. The lowest BCUT2D eigenvalue weighted by atomic mass is 10.0. The van der Waals surface area contributed by atoms with Crippen LogP contribution in [0.4, 0.5) is 0 Å². The van der Waals surface area contributed by atoms with Gasteiger partial charge >= 0.3 is 33.6 Å². The molecule has 5 atom stereocenters. The third-order valence-corrected chi connectivity index (χ3v) is 19.2. The summed E-state index contributed by atoms with van der Waals surface area (Å²) in [5.74, 6) is -1.58. The van der Waals surface area contributed by atoms with Crippen molar-refractivity contribution in [2.45, 2.75) is 373 Å². The monoisotopic (exact) mass is 1460 g/mol. The molecule has 0 saturated heterocycles. The molecule has 0 aliphatic rings. The lowest BCUT2D eigenvalue weighted by Gasteiger charge is -2.21. The molecule has 586 valence electrons. The largest absolute Gasteiger partial charge is 0.472 e. The topological polar surface area (TPSA) is 231 Å². The molecule has 0 spiro atoms. The van der Waals surface area contributed by atoms with Gasteiger partial charge in [-0.05, 0) is 109 Å². The quantitative estimate of drug-likeness (QED) is 0.0146. The molecule has 0 bridgehead atoms. The third-order valence-electron chi connectivity index (χ3n) is 17.3. The lowest BCUT2D eigenvalue weighted by molar-refractivity contribution is -0.161. The van der Waals surface area contributed by atoms with Gasteiger partial charge in [0.1, 0.15) is 25.4 Å². The first kappa shape index (κ1) is 97.5. The van der Waals surface area contributed by atoms with Crippen LogP contribution in [0.25, 0.3) is 0 Å². The number of phosphoric acid groups is 2. The van der Waals surface area contributed by atoms with Gasteiger partial charge in [-0.3, -0.25) is 32.5 Å². The number of carbonyl (C=O) groups is 3. The van der Waals surface area contributed by atoms with E-state index in [0.717, 1.165) is 116 Å². The van der Waals surface area contributed by atoms with Crippen LogP contribution in [0.3, 0.4) is 0 Å². The Morgan fingerprint density at radius 1 is 0.277 bits per heavy atom. The molecule has 0 heterocycles. The normalized spacial score (nSPS) is 14.5. The van der Waals surface area contributed by atoms with E-state index in [1.807, 2.05) is 0 Å². The van der Waals surface area contributed by atoms with E-state index in [4.69, 9.17) is 32.3 Å². The van der Waals surface area contributed by atoms with E-state index >= 15 is 0 Å². The van der Waals surface area contributed by atoms with Crippen molar-refractivity contribution in [3.63, 3.8) is 0 Å². The molecule has 0 rings (SSSR count). The van der Waals surface area contributed by atoms with Crippen LogP contribution in [0.1, 0.15) is 355 Å². The maximum Gasteiger partial charge on any atom is 0.472 e. The second-order valence-corrected chi connectivity index (χ2v) is 30.1. The number of unbranched alkanes of at least 4 members (excludes halogenated alkanes) is 38. The fourth-order valence-electron chi connectivity index (χ4n) is 11.1. The van der Waals surface area contributed by atoms with Crippen molar-refractivity contribution in [1.29, 1.82) is 0 Å². The van der Waals surface area contributed by atoms with Gasteiger partial charge in [-0.25, -0.2) is 9.13 Å². The zero-order chi connectivity index (χ0) is 73.7. The van der Waals surface area contributed by atoms with E-state index in [1.165, 1.54) is 180 Å². The van der Waals surface area contributed by atoms with Crippen LogP contribution in [0.5, 0.6) is 0 Å². The van der Waals surface area contributed by atoms with Gasteiger partial charge in [0.15, 0.2) is 6.10 Å². The molecule has 0 fully saturated rings. The summed E-state index contributed by atoms with van der Waals surface area (Å²) in [5.41, 5.74) is 0. The Morgan fingerprint density at radius 3 is 0.802 bits per heavy atom. The second-order valence-electron chi connectivity index (χ2n) is 27.2. The minimum Gasteiger partial charge on any atom is -0.463 e. The number of carbonyl (C=O) groups excluding carboxylic acids is 3. The van der Waals surface area contributed by atoms with Crippen LogP contribution in [0.15, 0.2) is 97.2 Å². The molecule has 16 nitrogen and oxygen atoms in total. The van der Waals surface area contributed by atoms with Crippen molar-refractivity contribution in [2.75, 3.05) is 39.6 Å². The molecule has 0 aromatic carbocycles. The Bertz CT molecular complexity index is 2220. The number of hydrogen-bond donors (Lipinski definition) is 4. The molecule has 0 aromatic rings. The van der Waals surface area contributed by atoms with Crippen LogP contribution < -0.4 is 0 Å². The molecule has 18 heteroatoms. The van der Waals surface area contributed by atoms with E-state index < -0.39 is 91.5 Å². The van der Waals surface area contributed by atoms with Crippen LogP contribution >= 0.6 is 15.6 Å². The number of ether oxygens (including phenoxy) is 3. The number of aliphatic hydroxyl groups is 2. The van der Waals surface area contributed by atoms with Gasteiger partial charge in [-0.1, -0.05) is 323 Å². The highest BCUT2D eigenvalue weighted by Gasteiger charge is 2.29. The van der Waals surface area contributed by atoms with Gasteiger partial charge in [0.2, 0.25) is 0 Å². The summed E-state index contributed by atoms with van der Waals surface area (Å²) >= 11 is 0. The van der Waals surface area contributed by atoms with Gasteiger partial charge in [0.05, 0.1) is 26.4 Å². The Morgan fingerprint density at radius 2 is 0.495 bits per heavy atom. The molecule has 0 amide bonds. The summed E-state index contributed by atoms with van der Waals surface area (Å²) in [6.45, 7) is 2.63. The van der Waals surface area contributed by atoms with Crippen molar-refractivity contribution in [1.82, 2.24) is 0 Å². The van der Waals surface area contributed by atoms with Crippen molar-refractivity contribution in [3.8, 4) is 0 Å². The molecular formula is C83H148O16P2. The predicted octanol–water partition coefficient (Wildman–Crippen LogP) is 23.8. The first-order chi connectivity index (χ1) is 49.2. The summed E-state index contributed by atoms with van der Waals surface area (Å²) in [7, 11) is -9.78. The zero-order valence-corrected chi connectivity index (χ0v) is 65.9. The predicted molar refractivity (Wildman–Crippen MR) is 417 cm³/mol. The standard InChI is InChI=1S/C83H148O16P2/c1-4-7-10-13-16-19-22-24-26-28-30-32-33-34-35-36-37-38-39-40-41-42-43-45-47-48-50-52-55-57-60-63-66-69-81(86)93-72-78(84)73-95-100(89,90)96-74-79(85)75-97-101(91,92)98-77-80(99-83(88)71-68-65-62-59-54-21-18-15-12-9-6-3)76-94-82(87)70-67-64-61-58-56-53-51-49-46-44-31-29-27-25-23-20-17-14-11-8-5-2/h16-17,19-20,24-27,30-32,34-35,44,49,51,78-80,84-85H,4-15,18,21-23,28-29,33,36-43,45-48,50,52-77H2,1-3H3,(H,89,90)(H,91,92)/b19-16-,20-17-,26-24-,27-25-,32-30-,35-34-,44-31-,51-49-. The molecule has 0 aromatic heterocycles. The summed E-state index contributed by atoms with van der Waals surface area (Å²) in [6, 6.07) is 0. The van der Waals surface area contributed by atoms with Crippen molar-refractivity contribution in [2.24, 2.45) is 0 Å². The number of phosphoric ester groups is 2. The third kappa shape index (κ3) is 77.4. The second kappa shape index (κ2) is 76.1. The molecule has 5 unspecified atom stereocenters. The fraction of sp³-hybridized carbons (Fsp3) is 0.771. The Kier molecular flexibility index (Phi) is 73.5. The zero-order valence-electron chi connectivity index (χ0n) is 64.1. The van der Waals surface area contributed by atoms with Crippen LogP contribution in [-0.4, -0.2) is 95.9 Å².